The van der Waals surface area contributed by atoms with E-state index in [1.165, 1.54) is 0 Å². The Hall–Kier alpha value is -2.80. The Morgan fingerprint density at radius 1 is 1.22 bits per heavy atom. The molecule has 27 heavy (non-hydrogen) atoms. The Balaban J connectivity index is 1.51. The molecular formula is C20H23N3O4. The molecule has 0 amide bonds. The molecule has 0 aliphatic carbocycles. The highest BCUT2D eigenvalue weighted by molar-refractivity contribution is 5.72. The van der Waals surface area contributed by atoms with E-state index >= 15 is 0 Å². The van der Waals surface area contributed by atoms with Crippen molar-refractivity contribution in [2.75, 3.05) is 38.9 Å². The van der Waals surface area contributed by atoms with Gasteiger partial charge in [-0.15, -0.1) is 0 Å². The van der Waals surface area contributed by atoms with E-state index in [9.17, 15) is 9.90 Å². The number of carbonyl (C=O) groups is 1. The molecule has 1 aromatic heterocycles. The normalized spacial score (nSPS) is 21.4. The maximum Gasteiger partial charge on any atom is 0.308 e. The van der Waals surface area contributed by atoms with Crippen molar-refractivity contribution in [3.63, 3.8) is 0 Å². The summed E-state index contributed by atoms with van der Waals surface area (Å²) < 4.78 is 10.8. The minimum atomic E-state index is -0.763. The lowest BCUT2D eigenvalue weighted by Gasteiger charge is -2.17. The molecule has 1 saturated heterocycles. The Labute approximate surface area is 158 Å². The van der Waals surface area contributed by atoms with E-state index in [0.29, 0.717) is 31.1 Å². The molecule has 2 atom stereocenters. The van der Waals surface area contributed by atoms with Crippen LogP contribution < -0.4 is 14.4 Å². The number of aromatic nitrogens is 1. The van der Waals surface area contributed by atoms with Crippen molar-refractivity contribution in [3.05, 3.63) is 47.7 Å². The van der Waals surface area contributed by atoms with E-state index in [-0.39, 0.29) is 12.7 Å². The maximum atomic E-state index is 11.8. The van der Waals surface area contributed by atoms with Crippen molar-refractivity contribution in [2.24, 2.45) is 5.92 Å². The van der Waals surface area contributed by atoms with E-state index in [2.05, 4.69) is 9.88 Å². The second kappa shape index (κ2) is 7.08. The first kappa shape index (κ1) is 17.6. The number of nitrogens with zero attached hydrogens (tertiary/aromatic N) is 3. The molecule has 1 N–H and O–H groups in total. The number of likely N-dealkylation sites (tertiary alicyclic amines) is 1. The molecule has 0 bridgehead atoms. The summed E-state index contributed by atoms with van der Waals surface area (Å²) in [7, 11) is 3.91. The summed E-state index contributed by atoms with van der Waals surface area (Å²) in [4.78, 5) is 20.4. The molecule has 1 aromatic carbocycles. The SMILES string of the molecule is CN(C)c1ccc(CN2C[C@H](C(=O)O)[C@@H](c3ccc4c(c3)OCO4)C2)cn1. The average Bonchev–Trinajstić information content (AvgIpc) is 3.28. The van der Waals surface area contributed by atoms with Gasteiger partial charge >= 0.3 is 5.97 Å². The minimum absolute atomic E-state index is 0.0778. The molecule has 0 saturated carbocycles. The molecule has 3 heterocycles. The van der Waals surface area contributed by atoms with E-state index in [0.717, 1.165) is 16.9 Å². The summed E-state index contributed by atoms with van der Waals surface area (Å²) in [5.74, 6) is 1.03. The summed E-state index contributed by atoms with van der Waals surface area (Å²) in [6.07, 6.45) is 1.86. The predicted octanol–water partition coefficient (Wildman–Crippen LogP) is 2.18. The molecule has 2 aliphatic rings. The fraction of sp³-hybridized carbons (Fsp3) is 0.400. The molecule has 0 unspecified atom stereocenters. The fourth-order valence-electron chi connectivity index (χ4n) is 3.78. The van der Waals surface area contributed by atoms with Crippen LogP contribution in [0.15, 0.2) is 36.5 Å². The first-order valence-corrected chi connectivity index (χ1v) is 8.98. The number of benzene rings is 1. The van der Waals surface area contributed by atoms with Gasteiger partial charge in [0.15, 0.2) is 11.5 Å². The van der Waals surface area contributed by atoms with Gasteiger partial charge in [-0.25, -0.2) is 4.98 Å². The van der Waals surface area contributed by atoms with Crippen LogP contribution in [0.1, 0.15) is 17.0 Å². The van der Waals surface area contributed by atoms with Crippen LogP contribution in [0.2, 0.25) is 0 Å². The van der Waals surface area contributed by atoms with Crippen LogP contribution in [-0.4, -0.2) is 54.9 Å². The van der Waals surface area contributed by atoms with Crippen LogP contribution in [0.3, 0.4) is 0 Å². The highest BCUT2D eigenvalue weighted by atomic mass is 16.7. The lowest BCUT2D eigenvalue weighted by atomic mass is 9.89. The zero-order chi connectivity index (χ0) is 19.0. The molecule has 7 heteroatoms. The Kier molecular flexibility index (Phi) is 4.61. The number of pyridine rings is 1. The molecule has 2 aromatic rings. The average molecular weight is 369 g/mol. The monoisotopic (exact) mass is 369 g/mol. The third-order valence-corrected chi connectivity index (χ3v) is 5.21. The van der Waals surface area contributed by atoms with Gasteiger partial charge in [-0.2, -0.15) is 0 Å². The van der Waals surface area contributed by atoms with Gasteiger partial charge in [0.05, 0.1) is 5.92 Å². The standard InChI is InChI=1S/C20H23N3O4/c1-22(2)19-6-3-13(8-21-19)9-23-10-15(16(11-23)20(24)25)14-4-5-17-18(7-14)27-12-26-17/h3-8,15-16H,9-12H2,1-2H3,(H,24,25)/t15-,16+/m1/s1. The molecule has 0 spiro atoms. The van der Waals surface area contributed by atoms with Crippen LogP contribution in [0.25, 0.3) is 0 Å². The van der Waals surface area contributed by atoms with Crippen molar-refractivity contribution in [1.29, 1.82) is 0 Å². The van der Waals surface area contributed by atoms with Crippen LogP contribution in [0.4, 0.5) is 5.82 Å². The Bertz CT molecular complexity index is 838. The second-order valence-corrected chi connectivity index (χ2v) is 7.28. The van der Waals surface area contributed by atoms with Crippen LogP contribution in [-0.2, 0) is 11.3 Å². The first-order valence-electron chi connectivity index (χ1n) is 8.98. The zero-order valence-electron chi connectivity index (χ0n) is 15.5. The largest absolute Gasteiger partial charge is 0.481 e. The summed E-state index contributed by atoms with van der Waals surface area (Å²) in [6, 6.07) is 9.76. The zero-order valence-corrected chi connectivity index (χ0v) is 15.5. The number of fused-ring (bicyclic) bond motifs is 1. The lowest BCUT2D eigenvalue weighted by molar-refractivity contribution is -0.141. The fourth-order valence-corrected chi connectivity index (χ4v) is 3.78. The number of rotatable bonds is 5. The highest BCUT2D eigenvalue weighted by Gasteiger charge is 2.39. The van der Waals surface area contributed by atoms with Gasteiger partial charge in [0, 0.05) is 45.8 Å². The van der Waals surface area contributed by atoms with E-state index < -0.39 is 11.9 Å². The van der Waals surface area contributed by atoms with Crippen LogP contribution in [0.5, 0.6) is 11.5 Å². The van der Waals surface area contributed by atoms with E-state index in [1.807, 2.05) is 55.5 Å². The van der Waals surface area contributed by atoms with Crippen molar-refractivity contribution in [1.82, 2.24) is 9.88 Å². The van der Waals surface area contributed by atoms with Crippen LogP contribution >= 0.6 is 0 Å². The molecule has 7 nitrogen and oxygen atoms in total. The van der Waals surface area contributed by atoms with Crippen molar-refractivity contribution < 1.29 is 19.4 Å². The number of carboxylic acids is 1. The maximum absolute atomic E-state index is 11.8. The third kappa shape index (κ3) is 3.55. The first-order chi connectivity index (χ1) is 13.0. The van der Waals surface area contributed by atoms with Gasteiger partial charge in [0.2, 0.25) is 6.79 Å². The minimum Gasteiger partial charge on any atom is -0.481 e. The number of aliphatic carboxylic acids is 1. The van der Waals surface area contributed by atoms with Gasteiger partial charge in [-0.05, 0) is 29.3 Å². The van der Waals surface area contributed by atoms with Crippen molar-refractivity contribution >= 4 is 11.8 Å². The predicted molar refractivity (Wildman–Crippen MR) is 100 cm³/mol. The summed E-state index contributed by atoms with van der Waals surface area (Å²) in [6.45, 7) is 2.11. The number of anilines is 1. The van der Waals surface area contributed by atoms with Gasteiger partial charge in [0.1, 0.15) is 5.82 Å². The summed E-state index contributed by atoms with van der Waals surface area (Å²) in [5, 5.41) is 9.72. The Morgan fingerprint density at radius 3 is 2.74 bits per heavy atom. The molecule has 4 rings (SSSR count). The highest BCUT2D eigenvalue weighted by Crippen LogP contribution is 2.39. The quantitative estimate of drug-likeness (QED) is 0.866. The number of hydrogen-bond donors (Lipinski definition) is 1. The van der Waals surface area contributed by atoms with Crippen molar-refractivity contribution in [2.45, 2.75) is 12.5 Å². The van der Waals surface area contributed by atoms with Gasteiger partial charge < -0.3 is 19.5 Å². The summed E-state index contributed by atoms with van der Waals surface area (Å²) >= 11 is 0. The molecular weight excluding hydrogens is 346 g/mol. The third-order valence-electron chi connectivity index (χ3n) is 5.21. The van der Waals surface area contributed by atoms with E-state index in [4.69, 9.17) is 9.47 Å². The number of carboxylic acid groups (broad SMARTS) is 1. The van der Waals surface area contributed by atoms with E-state index in [1.54, 1.807) is 0 Å². The Morgan fingerprint density at radius 2 is 2.04 bits per heavy atom. The smallest absolute Gasteiger partial charge is 0.308 e. The molecule has 1 fully saturated rings. The van der Waals surface area contributed by atoms with Crippen molar-refractivity contribution in [3.8, 4) is 11.5 Å². The lowest BCUT2D eigenvalue weighted by Crippen LogP contribution is -2.23. The van der Waals surface area contributed by atoms with Crippen LogP contribution in [0, 0.1) is 5.92 Å². The number of hydrogen-bond acceptors (Lipinski definition) is 6. The summed E-state index contributed by atoms with van der Waals surface area (Å²) in [5.41, 5.74) is 2.06. The van der Waals surface area contributed by atoms with Gasteiger partial charge in [0.25, 0.3) is 0 Å². The second-order valence-electron chi connectivity index (χ2n) is 7.28. The number of ether oxygens (including phenoxy) is 2. The molecule has 0 radical (unpaired) electrons. The topological polar surface area (TPSA) is 75.1 Å². The molecule has 142 valence electrons. The van der Waals surface area contributed by atoms with Gasteiger partial charge in [-0.1, -0.05) is 12.1 Å². The molecule has 2 aliphatic heterocycles. The van der Waals surface area contributed by atoms with Gasteiger partial charge in [-0.3, -0.25) is 9.69 Å².